The van der Waals surface area contributed by atoms with E-state index in [2.05, 4.69) is 29.1 Å². The molecular weight excluding hydrogens is 246 g/mol. The van der Waals surface area contributed by atoms with Gasteiger partial charge in [0.25, 0.3) is 0 Å². The highest BCUT2D eigenvalue weighted by molar-refractivity contribution is 7.14. The molecule has 2 N–H and O–H groups in total. The summed E-state index contributed by atoms with van der Waals surface area (Å²) in [5.41, 5.74) is 8.76. The minimum Gasteiger partial charge on any atom is -0.325 e. The molecule has 0 bridgehead atoms. The number of unbranched alkanes of at least 4 members (excludes halogenated alkanes) is 1. The fraction of sp³-hybridized carbons (Fsp3) is 0.583. The molecule has 0 saturated heterocycles. The molecule has 0 fully saturated rings. The number of nitrogens with two attached hydrogens (primary N) is 1. The van der Waals surface area contributed by atoms with Crippen LogP contribution in [0.3, 0.4) is 0 Å². The minimum absolute atomic E-state index is 0.433. The molecule has 0 amide bonds. The Bertz CT molecular complexity index is 509. The minimum atomic E-state index is 0.433. The molecule has 6 heteroatoms. The first-order valence-corrected chi connectivity index (χ1v) is 7.07. The van der Waals surface area contributed by atoms with Crippen molar-refractivity contribution in [1.29, 1.82) is 0 Å². The Morgan fingerprint density at radius 1 is 1.33 bits per heavy atom. The average Bonchev–Trinajstić information content (AvgIpc) is 2.90. The molecule has 98 valence electrons. The highest BCUT2D eigenvalue weighted by atomic mass is 32.1. The molecule has 0 aliphatic carbocycles. The topological polar surface area (TPSA) is 69.6 Å². The molecule has 18 heavy (non-hydrogen) atoms. The van der Waals surface area contributed by atoms with E-state index in [1.807, 2.05) is 11.6 Å². The van der Waals surface area contributed by atoms with Gasteiger partial charge in [-0.15, -0.1) is 5.10 Å². The molecule has 2 rings (SSSR count). The third-order valence-electron chi connectivity index (χ3n) is 3.00. The largest absolute Gasteiger partial charge is 0.325 e. The Balaban J connectivity index is 2.40. The van der Waals surface area contributed by atoms with Crippen LogP contribution in [-0.4, -0.2) is 20.0 Å². The Hall–Kier alpha value is -1.27. The second-order valence-electron chi connectivity index (χ2n) is 4.34. The fourth-order valence-corrected chi connectivity index (χ4v) is 2.67. The molecule has 2 heterocycles. The van der Waals surface area contributed by atoms with Crippen LogP contribution in [0.2, 0.25) is 0 Å². The molecule has 0 radical (unpaired) electrons. The van der Waals surface area contributed by atoms with Gasteiger partial charge in [-0.05, 0) is 26.7 Å². The van der Waals surface area contributed by atoms with Crippen molar-refractivity contribution in [2.75, 3.05) is 0 Å². The molecule has 0 aromatic carbocycles. The normalized spacial score (nSPS) is 11.1. The third-order valence-corrected chi connectivity index (χ3v) is 4.05. The fourth-order valence-electron chi connectivity index (χ4n) is 1.79. The van der Waals surface area contributed by atoms with Crippen LogP contribution in [0.5, 0.6) is 0 Å². The van der Waals surface area contributed by atoms with E-state index in [-0.39, 0.29) is 0 Å². The Morgan fingerprint density at radius 2 is 2.11 bits per heavy atom. The number of thiazole rings is 1. The SMILES string of the molecule is CCCCc1c(CN)nnn1-c1nc(C)c(C)s1. The zero-order valence-electron chi connectivity index (χ0n) is 11.1. The van der Waals surface area contributed by atoms with Gasteiger partial charge in [-0.25, -0.2) is 4.98 Å². The van der Waals surface area contributed by atoms with Gasteiger partial charge >= 0.3 is 0 Å². The summed E-state index contributed by atoms with van der Waals surface area (Å²) in [6, 6.07) is 0. The van der Waals surface area contributed by atoms with Crippen molar-refractivity contribution in [3.63, 3.8) is 0 Å². The maximum absolute atomic E-state index is 5.72. The van der Waals surface area contributed by atoms with Crippen LogP contribution >= 0.6 is 11.3 Å². The monoisotopic (exact) mass is 265 g/mol. The summed E-state index contributed by atoms with van der Waals surface area (Å²) < 4.78 is 1.85. The van der Waals surface area contributed by atoms with E-state index >= 15 is 0 Å². The quantitative estimate of drug-likeness (QED) is 0.899. The van der Waals surface area contributed by atoms with E-state index in [1.165, 1.54) is 4.88 Å². The van der Waals surface area contributed by atoms with Crippen LogP contribution in [0.15, 0.2) is 0 Å². The van der Waals surface area contributed by atoms with Crippen molar-refractivity contribution in [1.82, 2.24) is 20.0 Å². The highest BCUT2D eigenvalue weighted by Gasteiger charge is 2.15. The van der Waals surface area contributed by atoms with Crippen LogP contribution in [0.25, 0.3) is 5.13 Å². The van der Waals surface area contributed by atoms with Crippen molar-refractivity contribution < 1.29 is 0 Å². The third kappa shape index (κ3) is 2.44. The van der Waals surface area contributed by atoms with Gasteiger partial charge in [-0.1, -0.05) is 29.9 Å². The maximum atomic E-state index is 5.72. The molecule has 2 aromatic rings. The highest BCUT2D eigenvalue weighted by Crippen LogP contribution is 2.22. The van der Waals surface area contributed by atoms with Gasteiger partial charge in [-0.2, -0.15) is 4.68 Å². The van der Waals surface area contributed by atoms with Gasteiger partial charge in [0, 0.05) is 11.4 Å². The summed E-state index contributed by atoms with van der Waals surface area (Å²) in [5.74, 6) is 0. The van der Waals surface area contributed by atoms with E-state index in [1.54, 1.807) is 11.3 Å². The first-order chi connectivity index (χ1) is 8.67. The van der Waals surface area contributed by atoms with Crippen LogP contribution in [-0.2, 0) is 13.0 Å². The Kier molecular flexibility index (Phi) is 4.08. The lowest BCUT2D eigenvalue weighted by atomic mass is 10.1. The Labute approximate surface area is 111 Å². The lowest BCUT2D eigenvalue weighted by molar-refractivity contribution is 0.710. The molecule has 5 nitrogen and oxygen atoms in total. The van der Waals surface area contributed by atoms with Crippen molar-refractivity contribution >= 4 is 11.3 Å². The van der Waals surface area contributed by atoms with Gasteiger partial charge in [0.05, 0.1) is 17.1 Å². The Morgan fingerprint density at radius 3 is 2.67 bits per heavy atom. The summed E-state index contributed by atoms with van der Waals surface area (Å²) in [5, 5.41) is 9.25. The smallest absolute Gasteiger partial charge is 0.212 e. The zero-order chi connectivity index (χ0) is 13.1. The lowest BCUT2D eigenvalue weighted by Gasteiger charge is -2.03. The number of aryl methyl sites for hydroxylation is 2. The first-order valence-electron chi connectivity index (χ1n) is 6.25. The van der Waals surface area contributed by atoms with E-state index in [0.717, 1.165) is 41.5 Å². The summed E-state index contributed by atoms with van der Waals surface area (Å²) in [7, 11) is 0. The lowest BCUT2D eigenvalue weighted by Crippen LogP contribution is -2.06. The number of hydrogen-bond donors (Lipinski definition) is 1. The molecule has 2 aromatic heterocycles. The summed E-state index contributed by atoms with van der Waals surface area (Å²) in [4.78, 5) is 5.75. The molecule has 0 saturated carbocycles. The molecule has 0 aliphatic heterocycles. The van der Waals surface area contributed by atoms with Crippen LogP contribution in [0, 0.1) is 13.8 Å². The zero-order valence-corrected chi connectivity index (χ0v) is 11.9. The second-order valence-corrected chi connectivity index (χ2v) is 5.52. The maximum Gasteiger partial charge on any atom is 0.212 e. The standard InChI is InChI=1S/C12H19N5S/c1-4-5-6-11-10(7-13)15-16-17(11)12-14-8(2)9(3)18-12/h4-7,13H2,1-3H3. The van der Waals surface area contributed by atoms with Crippen molar-refractivity contribution in [2.24, 2.45) is 5.73 Å². The molecular formula is C12H19N5S. The summed E-state index contributed by atoms with van der Waals surface area (Å²) in [6.45, 7) is 6.70. The van der Waals surface area contributed by atoms with E-state index < -0.39 is 0 Å². The van der Waals surface area contributed by atoms with Crippen LogP contribution < -0.4 is 5.73 Å². The van der Waals surface area contributed by atoms with Gasteiger partial charge in [-0.3, -0.25) is 0 Å². The number of aromatic nitrogens is 4. The average molecular weight is 265 g/mol. The van der Waals surface area contributed by atoms with Crippen molar-refractivity contribution in [2.45, 2.75) is 46.6 Å². The summed E-state index contributed by atoms with van der Waals surface area (Å²) >= 11 is 1.65. The van der Waals surface area contributed by atoms with E-state index in [4.69, 9.17) is 5.73 Å². The van der Waals surface area contributed by atoms with Crippen LogP contribution in [0.4, 0.5) is 0 Å². The second kappa shape index (κ2) is 5.58. The van der Waals surface area contributed by atoms with E-state index in [9.17, 15) is 0 Å². The molecule has 0 atom stereocenters. The number of rotatable bonds is 5. The molecule has 0 spiro atoms. The number of nitrogens with zero attached hydrogens (tertiary/aromatic N) is 4. The predicted octanol–water partition coefficient (Wildman–Crippen LogP) is 2.14. The predicted molar refractivity (Wildman–Crippen MR) is 73.0 cm³/mol. The van der Waals surface area contributed by atoms with Crippen molar-refractivity contribution in [3.05, 3.63) is 22.0 Å². The summed E-state index contributed by atoms with van der Waals surface area (Å²) in [6.07, 6.45) is 3.21. The molecule has 0 aliphatic rings. The van der Waals surface area contributed by atoms with Crippen LogP contribution in [0.1, 0.15) is 41.7 Å². The number of hydrogen-bond acceptors (Lipinski definition) is 5. The molecule has 0 unspecified atom stereocenters. The van der Waals surface area contributed by atoms with Gasteiger partial charge < -0.3 is 5.73 Å². The van der Waals surface area contributed by atoms with Gasteiger partial charge in [0.2, 0.25) is 5.13 Å². The van der Waals surface area contributed by atoms with Gasteiger partial charge in [0.15, 0.2) is 0 Å². The first kappa shape index (κ1) is 13.2. The van der Waals surface area contributed by atoms with Crippen molar-refractivity contribution in [3.8, 4) is 5.13 Å². The van der Waals surface area contributed by atoms with E-state index in [0.29, 0.717) is 6.54 Å². The van der Waals surface area contributed by atoms with Gasteiger partial charge in [0.1, 0.15) is 0 Å².